The Morgan fingerprint density at radius 1 is 0.854 bits per heavy atom. The normalized spacial score (nSPS) is 44.6. The summed E-state index contributed by atoms with van der Waals surface area (Å²) in [4.78, 5) is 0. The predicted octanol–water partition coefficient (Wildman–Crippen LogP) is -5.89. The molecular weight excluding hydrogens is 546 g/mol. The van der Waals surface area contributed by atoms with Crippen molar-refractivity contribution in [1.82, 2.24) is 5.32 Å². The third-order valence-corrected chi connectivity index (χ3v) is 8.26. The average Bonchev–Trinajstić information content (AvgIpc) is 2.95. The van der Waals surface area contributed by atoms with Crippen molar-refractivity contribution >= 4 is 0 Å². The Balaban J connectivity index is 1.75. The second-order valence-electron chi connectivity index (χ2n) is 11.4. The molecule has 2 saturated heterocycles. The summed E-state index contributed by atoms with van der Waals surface area (Å²) >= 11 is 0. The van der Waals surface area contributed by atoms with Gasteiger partial charge in [-0.05, 0) is 44.6 Å². The lowest BCUT2D eigenvalue weighted by Gasteiger charge is -2.48. The van der Waals surface area contributed by atoms with E-state index in [4.69, 9.17) is 47.0 Å². The van der Waals surface area contributed by atoms with E-state index in [0.717, 1.165) is 0 Å². The second-order valence-corrected chi connectivity index (χ2v) is 11.4. The monoisotopic (exact) mass is 597 g/mol. The highest BCUT2D eigenvalue weighted by molar-refractivity contribution is 4.99. The van der Waals surface area contributed by atoms with Crippen LogP contribution in [0.5, 0.6) is 0 Å². The highest BCUT2D eigenvalue weighted by atomic mass is 16.7. The summed E-state index contributed by atoms with van der Waals surface area (Å²) in [6.45, 7) is 0.321. The molecule has 3 fully saturated rings. The van der Waals surface area contributed by atoms with Crippen molar-refractivity contribution in [2.75, 3.05) is 32.8 Å². The molecule has 16 heteroatoms. The van der Waals surface area contributed by atoms with Gasteiger partial charge < -0.3 is 82.9 Å². The van der Waals surface area contributed by atoms with Crippen molar-refractivity contribution < 1.29 is 54.7 Å². The lowest BCUT2D eigenvalue weighted by molar-refractivity contribution is -0.320. The van der Waals surface area contributed by atoms with Gasteiger partial charge in [0.25, 0.3) is 0 Å². The first-order chi connectivity index (χ1) is 19.5. The zero-order valence-electron chi connectivity index (χ0n) is 23.3. The van der Waals surface area contributed by atoms with Crippen LogP contribution in [-0.2, 0) is 18.9 Å². The van der Waals surface area contributed by atoms with Crippen molar-refractivity contribution in [2.24, 2.45) is 28.9 Å². The average molecular weight is 598 g/mol. The zero-order chi connectivity index (χ0) is 30.3. The number of nitrogens with one attached hydrogen (secondary N) is 1. The van der Waals surface area contributed by atoms with Gasteiger partial charge in [-0.2, -0.15) is 0 Å². The largest absolute Gasteiger partial charge is 0.396 e. The number of aliphatic hydroxyl groups excluding tert-OH is 7. The van der Waals surface area contributed by atoms with Crippen LogP contribution >= 0.6 is 0 Å². The summed E-state index contributed by atoms with van der Waals surface area (Å²) in [6, 6.07) is -2.59. The summed E-state index contributed by atoms with van der Waals surface area (Å²) in [7, 11) is 0. The fourth-order valence-corrected chi connectivity index (χ4v) is 5.73. The third kappa shape index (κ3) is 8.95. The number of nitrogens with two attached hydrogens (primary N) is 4. The first kappa shape index (κ1) is 34.8. The van der Waals surface area contributed by atoms with Gasteiger partial charge in [0, 0.05) is 25.7 Å². The summed E-state index contributed by atoms with van der Waals surface area (Å²) in [5.74, 6) is -0.418. The van der Waals surface area contributed by atoms with E-state index in [1.165, 1.54) is 0 Å². The minimum atomic E-state index is -1.47. The van der Waals surface area contributed by atoms with Gasteiger partial charge >= 0.3 is 0 Å². The standard InChI is InChI=1S/C25H51N5O11/c26-8-12(33)3-2-11-6-13(27)23(41-24-14(28)7-15(34)16(38-24)9-30-4-1-5-31)21(37)22(11)40-25-20(36)18(29)19(35)17(10-32)39-25/h11-25,30-37H,1-10,26-29H2/t11-,12?,13+,14-,15+,16-,17-,18+,19-,20-,21-,22+,23-,24-,25-/m1/s1. The van der Waals surface area contributed by atoms with Crippen LogP contribution in [0.3, 0.4) is 0 Å². The van der Waals surface area contributed by atoms with Crippen molar-refractivity contribution in [2.45, 2.75) is 118 Å². The molecule has 3 rings (SSSR count). The Labute approximate surface area is 239 Å². The van der Waals surface area contributed by atoms with E-state index in [-0.39, 0.29) is 19.6 Å². The fourth-order valence-electron chi connectivity index (χ4n) is 5.73. The van der Waals surface area contributed by atoms with Crippen molar-refractivity contribution in [1.29, 1.82) is 0 Å². The molecule has 0 spiro atoms. The van der Waals surface area contributed by atoms with Crippen LogP contribution in [0.25, 0.3) is 0 Å². The molecule has 1 saturated carbocycles. The van der Waals surface area contributed by atoms with E-state index >= 15 is 0 Å². The number of aliphatic hydroxyl groups is 7. The minimum Gasteiger partial charge on any atom is -0.396 e. The first-order valence-corrected chi connectivity index (χ1v) is 14.4. The van der Waals surface area contributed by atoms with Crippen LogP contribution in [0.1, 0.15) is 32.1 Å². The van der Waals surface area contributed by atoms with Gasteiger partial charge in [-0.1, -0.05) is 0 Å². The first-order valence-electron chi connectivity index (χ1n) is 14.4. The molecule has 0 bridgehead atoms. The molecule has 3 aliphatic rings. The Hall–Kier alpha value is -0.640. The number of hydrogen-bond acceptors (Lipinski definition) is 16. The Bertz CT molecular complexity index is 761. The highest BCUT2D eigenvalue weighted by Crippen LogP contribution is 2.36. The van der Waals surface area contributed by atoms with Crippen LogP contribution < -0.4 is 28.3 Å². The highest BCUT2D eigenvalue weighted by Gasteiger charge is 2.50. The smallest absolute Gasteiger partial charge is 0.186 e. The van der Waals surface area contributed by atoms with Gasteiger partial charge in [-0.25, -0.2) is 0 Å². The molecular formula is C25H51N5O11. The van der Waals surface area contributed by atoms with Gasteiger partial charge in [0.05, 0.1) is 43.1 Å². The fraction of sp³-hybridized carbons (Fsp3) is 1.00. The lowest BCUT2D eigenvalue weighted by atomic mass is 9.77. The van der Waals surface area contributed by atoms with Gasteiger partial charge in [-0.15, -0.1) is 0 Å². The number of hydrogen-bond donors (Lipinski definition) is 12. The van der Waals surface area contributed by atoms with Crippen LogP contribution in [0.4, 0.5) is 0 Å². The molecule has 0 amide bonds. The van der Waals surface area contributed by atoms with Crippen molar-refractivity contribution in [3.63, 3.8) is 0 Å². The summed E-state index contributed by atoms with van der Waals surface area (Å²) in [5.41, 5.74) is 24.2. The second kappa shape index (κ2) is 16.4. The maximum atomic E-state index is 11.5. The maximum Gasteiger partial charge on any atom is 0.186 e. The summed E-state index contributed by atoms with van der Waals surface area (Å²) in [5, 5.41) is 74.6. The summed E-state index contributed by atoms with van der Waals surface area (Å²) in [6.07, 6.45) is -10.3. The van der Waals surface area contributed by atoms with E-state index in [1.807, 2.05) is 0 Å². The minimum absolute atomic E-state index is 0.0284. The zero-order valence-corrected chi connectivity index (χ0v) is 23.3. The van der Waals surface area contributed by atoms with Gasteiger partial charge in [-0.3, -0.25) is 0 Å². The van der Waals surface area contributed by atoms with E-state index < -0.39 is 98.2 Å². The van der Waals surface area contributed by atoms with E-state index in [9.17, 15) is 30.6 Å². The van der Waals surface area contributed by atoms with E-state index in [2.05, 4.69) is 5.32 Å². The number of rotatable bonds is 14. The Morgan fingerprint density at radius 3 is 2.20 bits per heavy atom. The molecule has 0 aromatic carbocycles. The lowest BCUT2D eigenvalue weighted by Crippen LogP contribution is -2.66. The van der Waals surface area contributed by atoms with E-state index in [1.54, 1.807) is 0 Å². The van der Waals surface area contributed by atoms with Crippen LogP contribution in [0.2, 0.25) is 0 Å². The molecule has 1 aliphatic carbocycles. The van der Waals surface area contributed by atoms with Crippen LogP contribution in [-0.4, -0.2) is 154 Å². The molecule has 15 atom stereocenters. The quantitative estimate of drug-likeness (QED) is 0.0830. The van der Waals surface area contributed by atoms with Crippen LogP contribution in [0, 0.1) is 5.92 Å². The molecule has 242 valence electrons. The molecule has 2 heterocycles. The van der Waals surface area contributed by atoms with Gasteiger partial charge in [0.1, 0.15) is 30.5 Å². The topological polar surface area (TPSA) is 295 Å². The predicted molar refractivity (Wildman–Crippen MR) is 144 cm³/mol. The van der Waals surface area contributed by atoms with Gasteiger partial charge in [0.2, 0.25) is 0 Å². The molecule has 2 aliphatic heterocycles. The molecule has 1 unspecified atom stereocenters. The molecule has 41 heavy (non-hydrogen) atoms. The molecule has 16 nitrogen and oxygen atoms in total. The molecule has 0 aromatic heterocycles. The molecule has 0 radical (unpaired) electrons. The SMILES string of the molecule is NCC(O)CC[C@@H]1C[C@H](N)[C@@H](O[C@H]2O[C@H](CNCCCO)[C@@H](O)C[C@H]2N)[C@H](O)[C@H]1O[C@H]1O[C@H](CO)[C@@H](O)[C@H](N)[C@H]1O. The summed E-state index contributed by atoms with van der Waals surface area (Å²) < 4.78 is 23.8. The maximum absolute atomic E-state index is 11.5. The van der Waals surface area contributed by atoms with Crippen LogP contribution in [0.15, 0.2) is 0 Å². The van der Waals surface area contributed by atoms with Crippen molar-refractivity contribution in [3.8, 4) is 0 Å². The molecule has 0 aromatic rings. The Morgan fingerprint density at radius 2 is 1.54 bits per heavy atom. The third-order valence-electron chi connectivity index (χ3n) is 8.26. The van der Waals surface area contributed by atoms with Gasteiger partial charge in [0.15, 0.2) is 12.6 Å². The molecule has 16 N–H and O–H groups in total. The number of ether oxygens (including phenoxy) is 4. The van der Waals surface area contributed by atoms with Crippen molar-refractivity contribution in [3.05, 3.63) is 0 Å². The van der Waals surface area contributed by atoms with E-state index in [0.29, 0.717) is 38.8 Å². The Kier molecular flexibility index (Phi) is 14.0.